The zero-order chi connectivity index (χ0) is 17.4. The van der Waals surface area contributed by atoms with Crippen LogP contribution >= 0.6 is 0 Å². The Balaban J connectivity index is 1.58. The maximum Gasteiger partial charge on any atom is 0.230 e. The molecule has 1 aliphatic carbocycles. The molecule has 0 saturated carbocycles. The molecule has 0 bridgehead atoms. The molecule has 8 nitrogen and oxygen atoms in total. The molecule has 3 aromatic rings. The summed E-state index contributed by atoms with van der Waals surface area (Å²) < 4.78 is 7.58. The Labute approximate surface area is 145 Å². The normalized spacial score (nSPS) is 17.0. The first kappa shape index (κ1) is 15.9. The number of aromatic nitrogens is 7. The maximum atomic E-state index is 5.55. The number of hydrogen-bond donors (Lipinski definition) is 0. The van der Waals surface area contributed by atoms with Crippen molar-refractivity contribution in [1.82, 2.24) is 35.1 Å². The first-order valence-electron chi connectivity index (χ1n) is 8.63. The molecule has 0 fully saturated rings. The standard InChI is InChI=1S/C17H21N7O/c1-10(2)8-24-14-6-12(4-5-13(14)21-23-24)17-20-16(22-25-17)15-11(3)7-18-9-19-15/h7,9-10,12H,4-6,8H2,1-3H3. The van der Waals surface area contributed by atoms with Crippen molar-refractivity contribution < 1.29 is 4.52 Å². The lowest BCUT2D eigenvalue weighted by molar-refractivity contribution is 0.335. The molecule has 0 saturated heterocycles. The number of aryl methyl sites for hydroxylation is 2. The summed E-state index contributed by atoms with van der Waals surface area (Å²) in [5.41, 5.74) is 3.94. The van der Waals surface area contributed by atoms with Crippen molar-refractivity contribution in [2.75, 3.05) is 0 Å². The van der Waals surface area contributed by atoms with E-state index in [2.05, 4.69) is 44.3 Å². The van der Waals surface area contributed by atoms with E-state index in [1.165, 1.54) is 12.0 Å². The number of fused-ring (bicyclic) bond motifs is 1. The van der Waals surface area contributed by atoms with Crippen LogP contribution in [0.4, 0.5) is 0 Å². The lowest BCUT2D eigenvalue weighted by Gasteiger charge is -2.19. The minimum atomic E-state index is 0.195. The average Bonchev–Trinajstić information content (AvgIpc) is 3.22. The predicted molar refractivity (Wildman–Crippen MR) is 89.7 cm³/mol. The van der Waals surface area contributed by atoms with Gasteiger partial charge in [-0.05, 0) is 31.2 Å². The molecular weight excluding hydrogens is 318 g/mol. The van der Waals surface area contributed by atoms with Gasteiger partial charge in [0, 0.05) is 25.1 Å². The summed E-state index contributed by atoms with van der Waals surface area (Å²) in [6.07, 6.45) is 5.92. The molecule has 0 aliphatic heterocycles. The number of nitrogens with zero attached hydrogens (tertiary/aromatic N) is 7. The Hall–Kier alpha value is -2.64. The molecule has 1 atom stereocenters. The summed E-state index contributed by atoms with van der Waals surface area (Å²) in [7, 11) is 0. The van der Waals surface area contributed by atoms with Gasteiger partial charge >= 0.3 is 0 Å². The molecule has 3 aromatic heterocycles. The van der Waals surface area contributed by atoms with E-state index in [1.54, 1.807) is 6.20 Å². The summed E-state index contributed by atoms with van der Waals surface area (Å²) in [6.45, 7) is 7.18. The van der Waals surface area contributed by atoms with Crippen LogP contribution in [0.25, 0.3) is 11.5 Å². The van der Waals surface area contributed by atoms with Gasteiger partial charge in [0.1, 0.15) is 12.0 Å². The zero-order valence-corrected chi connectivity index (χ0v) is 14.7. The molecule has 0 amide bonds. The minimum absolute atomic E-state index is 0.195. The summed E-state index contributed by atoms with van der Waals surface area (Å²) >= 11 is 0. The van der Waals surface area contributed by atoms with E-state index >= 15 is 0 Å². The molecule has 0 radical (unpaired) electrons. The second-order valence-corrected chi connectivity index (χ2v) is 7.01. The first-order valence-corrected chi connectivity index (χ1v) is 8.63. The third-order valence-electron chi connectivity index (χ3n) is 4.52. The van der Waals surface area contributed by atoms with Crippen molar-refractivity contribution in [2.24, 2.45) is 5.92 Å². The average molecular weight is 339 g/mol. The Kier molecular flexibility index (Phi) is 4.03. The van der Waals surface area contributed by atoms with Crippen molar-refractivity contribution in [1.29, 1.82) is 0 Å². The van der Waals surface area contributed by atoms with Crippen LogP contribution in [0, 0.1) is 12.8 Å². The largest absolute Gasteiger partial charge is 0.339 e. The second-order valence-electron chi connectivity index (χ2n) is 7.01. The highest BCUT2D eigenvalue weighted by Gasteiger charge is 2.29. The van der Waals surface area contributed by atoms with Crippen molar-refractivity contribution in [3.05, 3.63) is 35.4 Å². The Morgan fingerprint density at radius 3 is 3.04 bits per heavy atom. The van der Waals surface area contributed by atoms with Crippen molar-refractivity contribution in [2.45, 2.75) is 52.5 Å². The van der Waals surface area contributed by atoms with Crippen molar-refractivity contribution >= 4 is 0 Å². The Morgan fingerprint density at radius 1 is 1.36 bits per heavy atom. The van der Waals surface area contributed by atoms with Gasteiger partial charge in [-0.25, -0.2) is 14.6 Å². The molecule has 8 heteroatoms. The second kappa shape index (κ2) is 6.34. The quantitative estimate of drug-likeness (QED) is 0.720. The molecule has 130 valence electrons. The van der Waals surface area contributed by atoms with Crippen LogP contribution in [0.3, 0.4) is 0 Å². The molecule has 4 rings (SSSR count). The fourth-order valence-corrected chi connectivity index (χ4v) is 3.27. The summed E-state index contributed by atoms with van der Waals surface area (Å²) in [6, 6.07) is 0. The van der Waals surface area contributed by atoms with E-state index in [0.29, 0.717) is 23.3 Å². The topological polar surface area (TPSA) is 95.4 Å². The summed E-state index contributed by atoms with van der Waals surface area (Å²) in [5, 5.41) is 12.8. The van der Waals surface area contributed by atoms with E-state index in [1.807, 2.05) is 11.6 Å². The highest BCUT2D eigenvalue weighted by molar-refractivity contribution is 5.52. The SMILES string of the molecule is Cc1cncnc1-c1noc(C2CCc3nnn(CC(C)C)c3C2)n1. The third-order valence-corrected chi connectivity index (χ3v) is 4.52. The molecule has 0 N–H and O–H groups in total. The van der Waals surface area contributed by atoms with E-state index < -0.39 is 0 Å². The van der Waals surface area contributed by atoms with Gasteiger partial charge in [0.05, 0.1) is 11.4 Å². The van der Waals surface area contributed by atoms with Gasteiger partial charge in [-0.1, -0.05) is 24.2 Å². The summed E-state index contributed by atoms with van der Waals surface area (Å²) in [5.74, 6) is 1.91. The molecule has 25 heavy (non-hydrogen) atoms. The molecule has 0 aromatic carbocycles. The number of hydrogen-bond acceptors (Lipinski definition) is 7. The van der Waals surface area contributed by atoms with E-state index in [4.69, 9.17) is 4.52 Å². The molecule has 0 spiro atoms. The highest BCUT2D eigenvalue weighted by Crippen LogP contribution is 2.32. The van der Waals surface area contributed by atoms with Crippen LogP contribution in [0.15, 0.2) is 17.0 Å². The fraction of sp³-hybridized carbons (Fsp3) is 0.529. The van der Waals surface area contributed by atoms with Crippen LogP contribution < -0.4 is 0 Å². The lowest BCUT2D eigenvalue weighted by Crippen LogP contribution is -2.18. The number of rotatable bonds is 4. The Morgan fingerprint density at radius 2 is 2.24 bits per heavy atom. The van der Waals surface area contributed by atoms with Crippen LogP contribution in [-0.4, -0.2) is 35.1 Å². The van der Waals surface area contributed by atoms with Crippen molar-refractivity contribution in [3.8, 4) is 11.5 Å². The van der Waals surface area contributed by atoms with Gasteiger partial charge in [-0.3, -0.25) is 0 Å². The van der Waals surface area contributed by atoms with Gasteiger partial charge in [0.15, 0.2) is 0 Å². The van der Waals surface area contributed by atoms with E-state index in [0.717, 1.165) is 37.1 Å². The highest BCUT2D eigenvalue weighted by atomic mass is 16.5. The van der Waals surface area contributed by atoms with E-state index in [-0.39, 0.29) is 5.92 Å². The molecule has 1 aliphatic rings. The van der Waals surface area contributed by atoms with Gasteiger partial charge in [-0.15, -0.1) is 5.10 Å². The van der Waals surface area contributed by atoms with Crippen molar-refractivity contribution in [3.63, 3.8) is 0 Å². The first-order chi connectivity index (χ1) is 12.1. The third kappa shape index (κ3) is 3.04. The maximum absolute atomic E-state index is 5.55. The van der Waals surface area contributed by atoms with Crippen LogP contribution in [0.5, 0.6) is 0 Å². The van der Waals surface area contributed by atoms with Crippen LogP contribution in [0.2, 0.25) is 0 Å². The van der Waals surface area contributed by atoms with Crippen LogP contribution in [0.1, 0.15) is 49.0 Å². The summed E-state index contributed by atoms with van der Waals surface area (Å²) in [4.78, 5) is 12.9. The molecule has 3 heterocycles. The van der Waals surface area contributed by atoms with Gasteiger partial charge < -0.3 is 4.52 Å². The van der Waals surface area contributed by atoms with E-state index in [9.17, 15) is 0 Å². The predicted octanol–water partition coefficient (Wildman–Crippen LogP) is 2.36. The fourth-order valence-electron chi connectivity index (χ4n) is 3.27. The van der Waals surface area contributed by atoms with Crippen LogP contribution in [-0.2, 0) is 19.4 Å². The lowest BCUT2D eigenvalue weighted by atomic mass is 9.89. The molecular formula is C17H21N7O. The van der Waals surface area contributed by atoms with Gasteiger partial charge in [-0.2, -0.15) is 4.98 Å². The van der Waals surface area contributed by atoms with Gasteiger partial charge in [0.2, 0.25) is 11.7 Å². The minimum Gasteiger partial charge on any atom is -0.339 e. The Bertz CT molecular complexity index is 883. The zero-order valence-electron chi connectivity index (χ0n) is 14.7. The smallest absolute Gasteiger partial charge is 0.230 e. The molecule has 1 unspecified atom stereocenters. The monoisotopic (exact) mass is 339 g/mol. The van der Waals surface area contributed by atoms with Gasteiger partial charge in [0.25, 0.3) is 0 Å².